The molecule has 1 aliphatic heterocycles. The molecule has 0 unspecified atom stereocenters. The zero-order chi connectivity index (χ0) is 18.7. The van der Waals surface area contributed by atoms with E-state index in [9.17, 15) is 4.79 Å². The number of rotatable bonds is 6. The Kier molecular flexibility index (Phi) is 5.73. The van der Waals surface area contributed by atoms with E-state index in [1.165, 1.54) is 0 Å². The summed E-state index contributed by atoms with van der Waals surface area (Å²) in [6.45, 7) is 8.85. The van der Waals surface area contributed by atoms with Crippen molar-refractivity contribution in [2.45, 2.75) is 59.3 Å². The summed E-state index contributed by atoms with van der Waals surface area (Å²) in [7, 11) is 0. The minimum absolute atomic E-state index is 0.0964. The van der Waals surface area contributed by atoms with Crippen LogP contribution in [-0.2, 0) is 27.3 Å². The molecule has 0 aliphatic carbocycles. The van der Waals surface area contributed by atoms with Gasteiger partial charge in [-0.15, -0.1) is 0 Å². The first-order valence-electron chi connectivity index (χ1n) is 8.78. The fourth-order valence-electron chi connectivity index (χ4n) is 3.12. The molecule has 26 heavy (non-hydrogen) atoms. The minimum Gasteiger partial charge on any atom is -0.379 e. The average molecular weight is 363 g/mol. The molecule has 3 rings (SSSR count). The molecule has 8 nitrogen and oxygen atoms in total. The Morgan fingerprint density at radius 3 is 2.38 bits per heavy atom. The molecule has 0 aromatic carbocycles. The molecule has 1 aliphatic rings. The molecule has 1 N–H and O–H groups in total. The summed E-state index contributed by atoms with van der Waals surface area (Å²) in [5, 5.41) is 10.9. The predicted molar refractivity (Wildman–Crippen MR) is 91.6 cm³/mol. The molecule has 0 radical (unpaired) electrons. The normalized spacial score (nSPS) is 20.3. The first-order valence-corrected chi connectivity index (χ1v) is 8.78. The van der Waals surface area contributed by atoms with E-state index in [2.05, 4.69) is 15.6 Å². The molecule has 142 valence electrons. The molecule has 3 heterocycles. The van der Waals surface area contributed by atoms with Gasteiger partial charge in [0.1, 0.15) is 11.5 Å². The van der Waals surface area contributed by atoms with Gasteiger partial charge in [0.25, 0.3) is 0 Å². The van der Waals surface area contributed by atoms with E-state index in [1.807, 2.05) is 27.7 Å². The molecular formula is C18H25N3O5. The Labute approximate surface area is 152 Å². The maximum absolute atomic E-state index is 12.5. The summed E-state index contributed by atoms with van der Waals surface area (Å²) in [5.74, 6) is 1.33. The van der Waals surface area contributed by atoms with E-state index in [1.54, 1.807) is 0 Å². The number of hydrogen-bond acceptors (Lipinski definition) is 7. The fourth-order valence-corrected chi connectivity index (χ4v) is 3.12. The lowest BCUT2D eigenvalue weighted by Crippen LogP contribution is -2.51. The Balaban J connectivity index is 1.59. The van der Waals surface area contributed by atoms with Crippen LogP contribution in [0.4, 0.5) is 0 Å². The van der Waals surface area contributed by atoms with E-state index in [0.29, 0.717) is 25.6 Å². The molecule has 2 atom stereocenters. The summed E-state index contributed by atoms with van der Waals surface area (Å²) in [6, 6.07) is -0.197. The van der Waals surface area contributed by atoms with Crippen molar-refractivity contribution in [3.63, 3.8) is 0 Å². The van der Waals surface area contributed by atoms with Crippen LogP contribution >= 0.6 is 0 Å². The van der Waals surface area contributed by atoms with E-state index in [0.717, 1.165) is 34.7 Å². The van der Waals surface area contributed by atoms with Gasteiger partial charge in [-0.2, -0.15) is 0 Å². The van der Waals surface area contributed by atoms with Gasteiger partial charge in [-0.3, -0.25) is 4.79 Å². The Bertz CT molecular complexity index is 728. The molecule has 1 amide bonds. The Hall–Kier alpha value is -2.19. The molecular weight excluding hydrogens is 338 g/mol. The summed E-state index contributed by atoms with van der Waals surface area (Å²) in [6.07, 6.45) is 0.833. The summed E-state index contributed by atoms with van der Waals surface area (Å²) < 4.78 is 21.9. The maximum atomic E-state index is 12.5. The Morgan fingerprint density at radius 2 is 1.77 bits per heavy atom. The lowest BCUT2D eigenvalue weighted by molar-refractivity contribution is -0.126. The van der Waals surface area contributed by atoms with Crippen LogP contribution in [0, 0.1) is 27.7 Å². The van der Waals surface area contributed by atoms with Crippen molar-refractivity contribution < 1.29 is 23.3 Å². The van der Waals surface area contributed by atoms with Crippen molar-refractivity contribution >= 4 is 5.91 Å². The Morgan fingerprint density at radius 1 is 1.12 bits per heavy atom. The average Bonchev–Trinajstić information content (AvgIpc) is 3.10. The molecule has 1 saturated heterocycles. The molecule has 8 heteroatoms. The number of aryl methyl sites for hydroxylation is 4. The second-order valence-electron chi connectivity index (χ2n) is 6.67. The van der Waals surface area contributed by atoms with Gasteiger partial charge >= 0.3 is 0 Å². The summed E-state index contributed by atoms with van der Waals surface area (Å²) in [4.78, 5) is 12.5. The quantitative estimate of drug-likeness (QED) is 0.837. The van der Waals surface area contributed by atoms with Crippen molar-refractivity contribution in [3.8, 4) is 0 Å². The van der Waals surface area contributed by atoms with Gasteiger partial charge in [0.2, 0.25) is 5.91 Å². The van der Waals surface area contributed by atoms with E-state index < -0.39 is 0 Å². The maximum Gasteiger partial charge on any atom is 0.225 e. The van der Waals surface area contributed by atoms with Crippen LogP contribution in [0.25, 0.3) is 0 Å². The summed E-state index contributed by atoms with van der Waals surface area (Å²) >= 11 is 0. The number of nitrogens with zero attached hydrogens (tertiary/aromatic N) is 2. The third-order valence-electron chi connectivity index (χ3n) is 4.78. The number of amides is 1. The van der Waals surface area contributed by atoms with Gasteiger partial charge in [0, 0.05) is 17.7 Å². The number of ether oxygens (including phenoxy) is 2. The van der Waals surface area contributed by atoms with E-state index in [4.69, 9.17) is 18.5 Å². The second kappa shape index (κ2) is 8.01. The fraction of sp³-hybridized carbons (Fsp3) is 0.611. The van der Waals surface area contributed by atoms with Crippen LogP contribution in [0.15, 0.2) is 9.05 Å². The van der Waals surface area contributed by atoms with Crippen molar-refractivity contribution in [1.29, 1.82) is 0 Å². The van der Waals surface area contributed by atoms with Gasteiger partial charge in [-0.05, 0) is 34.1 Å². The van der Waals surface area contributed by atoms with Crippen molar-refractivity contribution in [2.75, 3.05) is 13.2 Å². The monoisotopic (exact) mass is 363 g/mol. The van der Waals surface area contributed by atoms with Crippen molar-refractivity contribution in [2.24, 2.45) is 0 Å². The van der Waals surface area contributed by atoms with Crippen LogP contribution in [0.1, 0.15) is 40.5 Å². The highest BCUT2D eigenvalue weighted by atomic mass is 16.5. The van der Waals surface area contributed by atoms with E-state index in [-0.39, 0.29) is 24.5 Å². The zero-order valence-electron chi connectivity index (χ0n) is 15.6. The van der Waals surface area contributed by atoms with Crippen molar-refractivity contribution in [1.82, 2.24) is 15.6 Å². The van der Waals surface area contributed by atoms with Crippen LogP contribution in [0.5, 0.6) is 0 Å². The van der Waals surface area contributed by atoms with Gasteiger partial charge in [0.15, 0.2) is 0 Å². The highest BCUT2D eigenvalue weighted by Crippen LogP contribution is 2.19. The smallest absolute Gasteiger partial charge is 0.225 e. The van der Waals surface area contributed by atoms with Gasteiger partial charge in [-0.25, -0.2) is 0 Å². The second-order valence-corrected chi connectivity index (χ2v) is 6.67. The van der Waals surface area contributed by atoms with Crippen LogP contribution < -0.4 is 5.32 Å². The van der Waals surface area contributed by atoms with Crippen LogP contribution in [0.3, 0.4) is 0 Å². The summed E-state index contributed by atoms with van der Waals surface area (Å²) in [5.41, 5.74) is 3.35. The first-order chi connectivity index (χ1) is 12.5. The largest absolute Gasteiger partial charge is 0.379 e. The molecule has 1 fully saturated rings. The van der Waals surface area contributed by atoms with Crippen molar-refractivity contribution in [3.05, 3.63) is 34.0 Å². The minimum atomic E-state index is -0.197. The number of nitrogens with one attached hydrogen (secondary N) is 1. The third-order valence-corrected chi connectivity index (χ3v) is 4.78. The predicted octanol–water partition coefficient (Wildman–Crippen LogP) is 1.93. The van der Waals surface area contributed by atoms with Crippen LogP contribution in [-0.4, -0.2) is 41.6 Å². The molecule has 0 spiro atoms. The molecule has 2 aromatic rings. The molecule has 0 saturated carbocycles. The molecule has 2 aromatic heterocycles. The zero-order valence-corrected chi connectivity index (χ0v) is 15.6. The first kappa shape index (κ1) is 18.6. The van der Waals surface area contributed by atoms with Gasteiger partial charge in [0.05, 0.1) is 43.2 Å². The topological polar surface area (TPSA) is 99.6 Å². The lowest BCUT2D eigenvalue weighted by atomic mass is 10.0. The van der Waals surface area contributed by atoms with Gasteiger partial charge in [-0.1, -0.05) is 10.3 Å². The lowest BCUT2D eigenvalue weighted by Gasteiger charge is -2.32. The third kappa shape index (κ3) is 4.13. The number of aromatic nitrogens is 2. The number of carbonyl (C=O) groups is 1. The number of hydrogen-bond donors (Lipinski definition) is 1. The number of carbonyl (C=O) groups excluding carboxylic acids is 1. The van der Waals surface area contributed by atoms with Gasteiger partial charge < -0.3 is 23.8 Å². The standard InChI is InChI=1S/C18H25N3O5/c1-10-14(12(3)25-20-10)7-18(22)19-16-9-23-6-5-17(16)24-8-15-11(2)21-26-13(15)4/h16-17H,5-9H2,1-4H3,(H,19,22)/t16-,17+/m1/s1. The van der Waals surface area contributed by atoms with Crippen LogP contribution in [0.2, 0.25) is 0 Å². The highest BCUT2D eigenvalue weighted by molar-refractivity contribution is 5.79. The SMILES string of the molecule is Cc1noc(C)c1CO[C@H]1CCOC[C@H]1NC(=O)Cc1c(C)noc1C. The molecule has 0 bridgehead atoms. The highest BCUT2D eigenvalue weighted by Gasteiger charge is 2.29. The van der Waals surface area contributed by atoms with E-state index >= 15 is 0 Å².